The second-order valence-electron chi connectivity index (χ2n) is 4.74. The maximum atomic E-state index is 8.19. The molecule has 1 fully saturated rings. The average molecular weight is 249 g/mol. The number of nitrogens with zero attached hydrogens (tertiary/aromatic N) is 7. The lowest BCUT2D eigenvalue weighted by Crippen LogP contribution is -2.17. The smallest absolute Gasteiger partial charge is 0.151 e. The van der Waals surface area contributed by atoms with E-state index in [0.717, 1.165) is 25.1 Å². The van der Waals surface area contributed by atoms with Crippen molar-refractivity contribution in [1.82, 2.24) is 20.2 Å². The molecule has 0 aromatic carbocycles. The van der Waals surface area contributed by atoms with Gasteiger partial charge >= 0.3 is 0 Å². The molecule has 1 aromatic heterocycles. The summed E-state index contributed by atoms with van der Waals surface area (Å²) in [6.07, 6.45) is 8.99. The topological polar surface area (TPSA) is 92.4 Å². The third-order valence-electron chi connectivity index (χ3n) is 3.45. The molecular weight excluding hydrogens is 230 g/mol. The molecule has 0 spiro atoms. The second kappa shape index (κ2) is 6.96. The molecule has 0 radical (unpaired) electrons. The Labute approximate surface area is 106 Å². The molecule has 2 rings (SSSR count). The van der Waals surface area contributed by atoms with Crippen molar-refractivity contribution in [2.75, 3.05) is 6.54 Å². The van der Waals surface area contributed by atoms with Gasteiger partial charge in [-0.3, -0.25) is 0 Å². The van der Waals surface area contributed by atoms with Crippen LogP contribution in [0.1, 0.15) is 56.8 Å². The number of hydrogen-bond acceptors (Lipinski definition) is 4. The minimum absolute atomic E-state index is 0.487. The maximum absolute atomic E-state index is 8.19. The lowest BCUT2D eigenvalue weighted by atomic mass is 9.95. The van der Waals surface area contributed by atoms with E-state index >= 15 is 0 Å². The minimum Gasteiger partial charge on any atom is -0.227 e. The fourth-order valence-corrected chi connectivity index (χ4v) is 2.50. The van der Waals surface area contributed by atoms with Crippen LogP contribution in [-0.4, -0.2) is 26.8 Å². The minimum atomic E-state index is 0.487. The van der Waals surface area contributed by atoms with Crippen LogP contribution in [0.3, 0.4) is 0 Å². The summed E-state index contributed by atoms with van der Waals surface area (Å²) in [5, 5.41) is 15.6. The zero-order valence-electron chi connectivity index (χ0n) is 10.6. The number of rotatable bonds is 6. The van der Waals surface area contributed by atoms with Crippen molar-refractivity contribution in [3.05, 3.63) is 16.3 Å². The SMILES string of the molecule is [N-]=[N+]=NCCCCc1nnnn1C1CCCCC1. The number of azide groups is 1. The summed E-state index contributed by atoms with van der Waals surface area (Å²) in [5.41, 5.74) is 8.19. The van der Waals surface area contributed by atoms with Crippen molar-refractivity contribution >= 4 is 0 Å². The molecule has 7 nitrogen and oxygen atoms in total. The first-order valence-electron chi connectivity index (χ1n) is 6.69. The molecule has 1 heterocycles. The third kappa shape index (κ3) is 3.43. The van der Waals surface area contributed by atoms with Crippen LogP contribution in [0.2, 0.25) is 0 Å². The molecule has 1 aliphatic rings. The van der Waals surface area contributed by atoms with E-state index in [1.165, 1.54) is 32.1 Å². The van der Waals surface area contributed by atoms with Crippen LogP contribution in [0.25, 0.3) is 10.4 Å². The first-order valence-corrected chi connectivity index (χ1v) is 6.69. The Hall–Kier alpha value is -1.62. The van der Waals surface area contributed by atoms with Gasteiger partial charge in [0.1, 0.15) is 0 Å². The van der Waals surface area contributed by atoms with E-state index in [4.69, 9.17) is 5.53 Å². The predicted molar refractivity (Wildman–Crippen MR) is 66.9 cm³/mol. The first kappa shape index (κ1) is 12.8. The summed E-state index contributed by atoms with van der Waals surface area (Å²) < 4.78 is 2.01. The van der Waals surface area contributed by atoms with E-state index in [-0.39, 0.29) is 0 Å². The Morgan fingerprint density at radius 1 is 1.28 bits per heavy atom. The normalized spacial score (nSPS) is 16.4. The van der Waals surface area contributed by atoms with Gasteiger partial charge in [-0.2, -0.15) is 0 Å². The fourth-order valence-electron chi connectivity index (χ4n) is 2.50. The van der Waals surface area contributed by atoms with Gasteiger partial charge in [-0.1, -0.05) is 24.4 Å². The molecule has 0 atom stereocenters. The van der Waals surface area contributed by atoms with Crippen molar-refractivity contribution in [3.63, 3.8) is 0 Å². The van der Waals surface area contributed by atoms with E-state index in [2.05, 4.69) is 25.6 Å². The Bertz CT molecular complexity index is 401. The lowest BCUT2D eigenvalue weighted by molar-refractivity contribution is 0.316. The van der Waals surface area contributed by atoms with Gasteiger partial charge in [-0.25, -0.2) is 4.68 Å². The predicted octanol–water partition coefficient (Wildman–Crippen LogP) is 2.81. The lowest BCUT2D eigenvalue weighted by Gasteiger charge is -2.22. The Morgan fingerprint density at radius 2 is 2.11 bits per heavy atom. The van der Waals surface area contributed by atoms with Crippen molar-refractivity contribution in [3.8, 4) is 0 Å². The molecule has 1 saturated carbocycles. The van der Waals surface area contributed by atoms with Crippen molar-refractivity contribution in [2.45, 2.75) is 57.4 Å². The van der Waals surface area contributed by atoms with E-state index in [0.29, 0.717) is 12.6 Å². The van der Waals surface area contributed by atoms with Crippen molar-refractivity contribution in [1.29, 1.82) is 0 Å². The molecule has 0 aliphatic heterocycles. The van der Waals surface area contributed by atoms with Gasteiger partial charge in [0.15, 0.2) is 5.82 Å². The Morgan fingerprint density at radius 3 is 2.89 bits per heavy atom. The largest absolute Gasteiger partial charge is 0.227 e. The molecule has 0 N–H and O–H groups in total. The van der Waals surface area contributed by atoms with E-state index in [1.807, 2.05) is 4.68 Å². The summed E-state index contributed by atoms with van der Waals surface area (Å²) in [6, 6.07) is 0.487. The van der Waals surface area contributed by atoms with Crippen molar-refractivity contribution in [2.24, 2.45) is 5.11 Å². The molecule has 0 saturated heterocycles. The molecule has 98 valence electrons. The van der Waals surface area contributed by atoms with Crippen molar-refractivity contribution < 1.29 is 0 Å². The standard InChI is InChI=1S/C11H19N7/c12-15-13-9-5-4-8-11-14-16-17-18(11)10-6-2-1-3-7-10/h10H,1-9H2. The number of aromatic nitrogens is 4. The number of tetrazole rings is 1. The molecule has 0 bridgehead atoms. The highest BCUT2D eigenvalue weighted by molar-refractivity contribution is 4.86. The summed E-state index contributed by atoms with van der Waals surface area (Å²) >= 11 is 0. The van der Waals surface area contributed by atoms with Gasteiger partial charge in [0, 0.05) is 17.9 Å². The summed E-state index contributed by atoms with van der Waals surface area (Å²) in [4.78, 5) is 2.74. The molecule has 7 heteroatoms. The van der Waals surface area contributed by atoms with Gasteiger partial charge < -0.3 is 0 Å². The third-order valence-corrected chi connectivity index (χ3v) is 3.45. The highest BCUT2D eigenvalue weighted by atomic mass is 15.5. The maximum Gasteiger partial charge on any atom is 0.151 e. The zero-order valence-corrected chi connectivity index (χ0v) is 10.6. The van der Waals surface area contributed by atoms with Crippen LogP contribution in [0.15, 0.2) is 5.11 Å². The number of hydrogen-bond donors (Lipinski definition) is 0. The monoisotopic (exact) mass is 249 g/mol. The van der Waals surface area contributed by atoms with E-state index < -0.39 is 0 Å². The summed E-state index contributed by atoms with van der Waals surface area (Å²) in [7, 11) is 0. The zero-order chi connectivity index (χ0) is 12.6. The summed E-state index contributed by atoms with van der Waals surface area (Å²) in [5.74, 6) is 0.975. The second-order valence-corrected chi connectivity index (χ2v) is 4.74. The van der Waals surface area contributed by atoms with Gasteiger partial charge in [-0.05, 0) is 41.6 Å². The van der Waals surface area contributed by atoms with Gasteiger partial charge in [0.2, 0.25) is 0 Å². The molecule has 1 aliphatic carbocycles. The highest BCUT2D eigenvalue weighted by Gasteiger charge is 2.19. The molecular formula is C11H19N7. The quantitative estimate of drug-likeness (QED) is 0.336. The molecule has 0 amide bonds. The van der Waals surface area contributed by atoms with Gasteiger partial charge in [-0.15, -0.1) is 5.10 Å². The average Bonchev–Trinajstić information content (AvgIpc) is 2.88. The van der Waals surface area contributed by atoms with Crippen LogP contribution in [-0.2, 0) is 6.42 Å². The number of aryl methyl sites for hydroxylation is 1. The van der Waals surface area contributed by atoms with Crippen LogP contribution < -0.4 is 0 Å². The Balaban J connectivity index is 1.84. The Kier molecular flexibility index (Phi) is 4.96. The molecule has 0 unspecified atom stereocenters. The van der Waals surface area contributed by atoms with Crippen LogP contribution >= 0.6 is 0 Å². The van der Waals surface area contributed by atoms with E-state index in [1.54, 1.807) is 0 Å². The number of unbranched alkanes of at least 4 members (excludes halogenated alkanes) is 1. The highest BCUT2D eigenvalue weighted by Crippen LogP contribution is 2.27. The van der Waals surface area contributed by atoms with E-state index in [9.17, 15) is 0 Å². The molecule has 18 heavy (non-hydrogen) atoms. The fraction of sp³-hybridized carbons (Fsp3) is 0.909. The van der Waals surface area contributed by atoms with Crippen LogP contribution in [0.4, 0.5) is 0 Å². The van der Waals surface area contributed by atoms with Crippen LogP contribution in [0.5, 0.6) is 0 Å². The molecule has 1 aromatic rings. The first-order chi connectivity index (χ1) is 8.92. The van der Waals surface area contributed by atoms with Gasteiger partial charge in [0.05, 0.1) is 6.04 Å². The van der Waals surface area contributed by atoms with Crippen LogP contribution in [0, 0.1) is 0 Å². The summed E-state index contributed by atoms with van der Waals surface area (Å²) in [6.45, 7) is 0.557. The van der Waals surface area contributed by atoms with Gasteiger partial charge in [0.25, 0.3) is 0 Å².